The Hall–Kier alpha value is -1.75. The third kappa shape index (κ3) is 1.82. The van der Waals surface area contributed by atoms with Gasteiger partial charge in [0.2, 0.25) is 5.88 Å². The van der Waals surface area contributed by atoms with Crippen molar-refractivity contribution in [1.29, 1.82) is 0 Å². The molecule has 0 amide bonds. The molecule has 0 aliphatic carbocycles. The van der Waals surface area contributed by atoms with Crippen LogP contribution in [0.3, 0.4) is 0 Å². The molecule has 3 rings (SSSR count). The number of aromatic nitrogens is 1. The molecule has 5 heteroatoms. The van der Waals surface area contributed by atoms with E-state index in [0.29, 0.717) is 0 Å². The molecule has 1 aliphatic heterocycles. The molecule has 1 fully saturated rings. The van der Waals surface area contributed by atoms with Crippen LogP contribution in [0.2, 0.25) is 0 Å². The highest BCUT2D eigenvalue weighted by Gasteiger charge is 2.18. The Bertz CT molecular complexity index is 517. The van der Waals surface area contributed by atoms with Gasteiger partial charge in [0.15, 0.2) is 0 Å². The zero-order valence-corrected chi connectivity index (χ0v) is 9.77. The summed E-state index contributed by atoms with van der Waals surface area (Å²) >= 11 is 0. The molecule has 1 aromatic carbocycles. The van der Waals surface area contributed by atoms with E-state index in [1.54, 1.807) is 7.11 Å². The van der Waals surface area contributed by atoms with Crippen LogP contribution in [0.5, 0.6) is 5.75 Å². The Morgan fingerprint density at radius 1 is 1.35 bits per heavy atom. The fourth-order valence-electron chi connectivity index (χ4n) is 2.13. The van der Waals surface area contributed by atoms with E-state index in [4.69, 9.17) is 9.26 Å². The van der Waals surface area contributed by atoms with Gasteiger partial charge in [-0.25, -0.2) is 0 Å². The second-order valence-electron chi connectivity index (χ2n) is 4.11. The van der Waals surface area contributed by atoms with Gasteiger partial charge in [-0.1, -0.05) is 5.16 Å². The van der Waals surface area contributed by atoms with Gasteiger partial charge in [-0.05, 0) is 18.2 Å². The molecule has 0 unspecified atom stereocenters. The van der Waals surface area contributed by atoms with Gasteiger partial charge in [0.05, 0.1) is 12.5 Å². The van der Waals surface area contributed by atoms with Crippen LogP contribution >= 0.6 is 0 Å². The number of anilines is 1. The first-order valence-electron chi connectivity index (χ1n) is 5.77. The van der Waals surface area contributed by atoms with Crippen molar-refractivity contribution in [2.45, 2.75) is 0 Å². The third-order valence-corrected chi connectivity index (χ3v) is 3.07. The highest BCUT2D eigenvalue weighted by Crippen LogP contribution is 2.29. The largest absolute Gasteiger partial charge is 0.497 e. The van der Waals surface area contributed by atoms with Crippen LogP contribution in [0.4, 0.5) is 5.88 Å². The molecular formula is C12H15N3O2. The normalized spacial score (nSPS) is 16.4. The fraction of sp³-hybridized carbons (Fsp3) is 0.417. The van der Waals surface area contributed by atoms with Crippen LogP contribution in [0.25, 0.3) is 10.9 Å². The Morgan fingerprint density at radius 2 is 2.18 bits per heavy atom. The molecule has 5 nitrogen and oxygen atoms in total. The van der Waals surface area contributed by atoms with E-state index < -0.39 is 0 Å². The molecule has 0 spiro atoms. The van der Waals surface area contributed by atoms with E-state index in [1.165, 1.54) is 0 Å². The van der Waals surface area contributed by atoms with Crippen molar-refractivity contribution < 1.29 is 9.26 Å². The van der Waals surface area contributed by atoms with Gasteiger partial charge in [-0.2, -0.15) is 0 Å². The van der Waals surface area contributed by atoms with Crippen molar-refractivity contribution in [3.8, 4) is 5.75 Å². The van der Waals surface area contributed by atoms with Crippen LogP contribution in [0, 0.1) is 0 Å². The second-order valence-corrected chi connectivity index (χ2v) is 4.11. The second kappa shape index (κ2) is 4.25. The number of fused-ring (bicyclic) bond motifs is 1. The van der Waals surface area contributed by atoms with E-state index in [1.807, 2.05) is 18.2 Å². The number of methoxy groups -OCH3 is 1. The van der Waals surface area contributed by atoms with Crippen molar-refractivity contribution in [3.63, 3.8) is 0 Å². The Balaban J connectivity index is 2.02. The molecule has 1 N–H and O–H groups in total. The number of rotatable bonds is 2. The van der Waals surface area contributed by atoms with E-state index in [2.05, 4.69) is 15.4 Å². The fourth-order valence-corrected chi connectivity index (χ4v) is 2.13. The zero-order valence-electron chi connectivity index (χ0n) is 9.77. The summed E-state index contributed by atoms with van der Waals surface area (Å²) in [5, 5.41) is 8.42. The highest BCUT2D eigenvalue weighted by atomic mass is 16.5. The lowest BCUT2D eigenvalue weighted by Gasteiger charge is -2.26. The molecular weight excluding hydrogens is 218 g/mol. The predicted molar refractivity (Wildman–Crippen MR) is 65.6 cm³/mol. The van der Waals surface area contributed by atoms with Gasteiger partial charge in [0, 0.05) is 26.2 Å². The summed E-state index contributed by atoms with van der Waals surface area (Å²) in [7, 11) is 1.67. The summed E-state index contributed by atoms with van der Waals surface area (Å²) in [6.07, 6.45) is 0. The van der Waals surface area contributed by atoms with E-state index in [0.717, 1.165) is 48.7 Å². The maximum Gasteiger partial charge on any atom is 0.235 e. The van der Waals surface area contributed by atoms with Crippen LogP contribution in [-0.2, 0) is 0 Å². The number of ether oxygens (including phenoxy) is 1. The number of hydrogen-bond donors (Lipinski definition) is 1. The number of benzene rings is 1. The number of nitrogens with one attached hydrogen (secondary N) is 1. The van der Waals surface area contributed by atoms with Crippen LogP contribution in [0.15, 0.2) is 22.7 Å². The summed E-state index contributed by atoms with van der Waals surface area (Å²) in [5.41, 5.74) is 0.874. The zero-order chi connectivity index (χ0) is 11.7. The van der Waals surface area contributed by atoms with Crippen molar-refractivity contribution in [2.24, 2.45) is 0 Å². The van der Waals surface area contributed by atoms with Crippen molar-refractivity contribution >= 4 is 16.8 Å². The first-order valence-corrected chi connectivity index (χ1v) is 5.77. The minimum absolute atomic E-state index is 0.831. The Kier molecular flexibility index (Phi) is 2.60. The maximum atomic E-state index is 5.45. The summed E-state index contributed by atoms with van der Waals surface area (Å²) in [6.45, 7) is 3.85. The molecule has 1 aromatic heterocycles. The molecule has 1 aliphatic rings. The first kappa shape index (κ1) is 10.4. The molecule has 0 bridgehead atoms. The molecule has 0 atom stereocenters. The van der Waals surface area contributed by atoms with Crippen molar-refractivity contribution in [3.05, 3.63) is 18.2 Å². The molecule has 17 heavy (non-hydrogen) atoms. The first-order chi connectivity index (χ1) is 8.38. The van der Waals surface area contributed by atoms with Crippen LogP contribution in [0.1, 0.15) is 0 Å². The quantitative estimate of drug-likeness (QED) is 0.846. The van der Waals surface area contributed by atoms with Gasteiger partial charge in [0.25, 0.3) is 0 Å². The molecule has 90 valence electrons. The lowest BCUT2D eigenvalue weighted by Crippen LogP contribution is -2.43. The number of piperazine rings is 1. The van der Waals surface area contributed by atoms with E-state index >= 15 is 0 Å². The van der Waals surface area contributed by atoms with Gasteiger partial charge in [-0.3, -0.25) is 0 Å². The van der Waals surface area contributed by atoms with E-state index in [9.17, 15) is 0 Å². The Morgan fingerprint density at radius 3 is 2.94 bits per heavy atom. The SMILES string of the molecule is COc1ccc2noc(N3CCNCC3)c2c1. The van der Waals surface area contributed by atoms with Crippen LogP contribution < -0.4 is 15.0 Å². The van der Waals surface area contributed by atoms with Gasteiger partial charge < -0.3 is 19.5 Å². The summed E-state index contributed by atoms with van der Waals surface area (Å²) < 4.78 is 10.7. The maximum absolute atomic E-state index is 5.45. The molecule has 1 saturated heterocycles. The van der Waals surface area contributed by atoms with Gasteiger partial charge in [-0.15, -0.1) is 0 Å². The lowest BCUT2D eigenvalue weighted by atomic mass is 10.2. The molecule has 2 aromatic rings. The summed E-state index contributed by atoms with van der Waals surface area (Å²) in [6, 6.07) is 5.79. The molecule has 2 heterocycles. The van der Waals surface area contributed by atoms with Gasteiger partial charge >= 0.3 is 0 Å². The minimum Gasteiger partial charge on any atom is -0.497 e. The smallest absolute Gasteiger partial charge is 0.235 e. The monoisotopic (exact) mass is 233 g/mol. The molecule has 0 radical (unpaired) electrons. The Labute approximate surface area is 99.3 Å². The van der Waals surface area contributed by atoms with E-state index in [-0.39, 0.29) is 0 Å². The predicted octanol–water partition coefficient (Wildman–Crippen LogP) is 1.25. The van der Waals surface area contributed by atoms with Gasteiger partial charge in [0.1, 0.15) is 11.3 Å². The average Bonchev–Trinajstić information content (AvgIpc) is 2.82. The van der Waals surface area contributed by atoms with Crippen LogP contribution in [-0.4, -0.2) is 38.4 Å². The standard InChI is InChI=1S/C12H15N3O2/c1-16-9-2-3-11-10(8-9)12(17-14-11)15-6-4-13-5-7-15/h2-3,8,13H,4-7H2,1H3. The average molecular weight is 233 g/mol. The highest BCUT2D eigenvalue weighted by molar-refractivity contribution is 5.90. The topological polar surface area (TPSA) is 50.5 Å². The summed E-state index contributed by atoms with van der Waals surface area (Å²) in [4.78, 5) is 2.21. The van der Waals surface area contributed by atoms with Crippen molar-refractivity contribution in [2.75, 3.05) is 38.2 Å². The molecule has 0 saturated carbocycles. The minimum atomic E-state index is 0.831. The number of hydrogen-bond acceptors (Lipinski definition) is 5. The van der Waals surface area contributed by atoms with Crippen molar-refractivity contribution in [1.82, 2.24) is 10.5 Å². The number of nitrogens with zero attached hydrogens (tertiary/aromatic N) is 2. The lowest BCUT2D eigenvalue weighted by molar-refractivity contribution is 0.414. The third-order valence-electron chi connectivity index (χ3n) is 3.07. The summed E-state index contributed by atoms with van der Waals surface area (Å²) in [5.74, 6) is 1.68.